The Labute approximate surface area is 194 Å². The lowest BCUT2D eigenvalue weighted by molar-refractivity contribution is -0.223. The molecule has 1 amide bonds. The zero-order valence-electron chi connectivity index (χ0n) is 19.5. The summed E-state index contributed by atoms with van der Waals surface area (Å²) in [5, 5.41) is 2.53. The van der Waals surface area contributed by atoms with Crippen molar-refractivity contribution in [1.29, 1.82) is 0 Å². The van der Waals surface area contributed by atoms with E-state index in [0.717, 1.165) is 34.8 Å². The third kappa shape index (κ3) is 6.20. The molecular formula is C20H27NO13. The van der Waals surface area contributed by atoms with E-state index in [2.05, 4.69) is 5.32 Å². The van der Waals surface area contributed by atoms with Gasteiger partial charge in [0.2, 0.25) is 5.91 Å². The van der Waals surface area contributed by atoms with Crippen LogP contribution >= 0.6 is 0 Å². The average Bonchev–Trinajstić information content (AvgIpc) is 3.45. The van der Waals surface area contributed by atoms with E-state index in [0.29, 0.717) is 0 Å². The van der Waals surface area contributed by atoms with Gasteiger partial charge in [-0.2, -0.15) is 0 Å². The zero-order valence-corrected chi connectivity index (χ0v) is 19.5. The van der Waals surface area contributed by atoms with Crippen molar-refractivity contribution in [2.45, 2.75) is 77.0 Å². The van der Waals surface area contributed by atoms with Gasteiger partial charge in [0.15, 0.2) is 24.4 Å². The number of carbonyl (C=O) groups is 6. The van der Waals surface area contributed by atoms with Gasteiger partial charge in [0.05, 0.1) is 13.2 Å². The standard InChI is InChI=1S/C20H27NO13/c1-8(22)21-14-16(15(31-11(4)25)13(30-10(3)24)7-29-9(2)23)33-20(19(27)28-6)18(34-20)17(14)32-12(5)26/h13-18H,7H2,1-6H3,(H,21,22)/t13-,14+,15-,16-,17-,18+,20-/m1/s1. The van der Waals surface area contributed by atoms with Gasteiger partial charge in [0, 0.05) is 34.6 Å². The lowest BCUT2D eigenvalue weighted by Crippen LogP contribution is -2.67. The first-order valence-corrected chi connectivity index (χ1v) is 10.2. The summed E-state index contributed by atoms with van der Waals surface area (Å²) in [6.45, 7) is 4.93. The first-order valence-electron chi connectivity index (χ1n) is 10.2. The number of methoxy groups -OCH3 is 1. The number of carbonyl (C=O) groups excluding carboxylic acids is 6. The fraction of sp³-hybridized carbons (Fsp3) is 0.700. The van der Waals surface area contributed by atoms with Crippen molar-refractivity contribution in [1.82, 2.24) is 5.32 Å². The van der Waals surface area contributed by atoms with Gasteiger partial charge < -0.3 is 38.5 Å². The molecule has 0 aromatic rings. The van der Waals surface area contributed by atoms with Gasteiger partial charge >= 0.3 is 35.6 Å². The van der Waals surface area contributed by atoms with E-state index >= 15 is 0 Å². The van der Waals surface area contributed by atoms with Gasteiger partial charge in [-0.05, 0) is 0 Å². The molecule has 190 valence electrons. The van der Waals surface area contributed by atoms with Crippen LogP contribution in [0.3, 0.4) is 0 Å². The van der Waals surface area contributed by atoms with Crippen LogP contribution in [0.4, 0.5) is 0 Å². The predicted octanol–water partition coefficient (Wildman–Crippen LogP) is -1.48. The Morgan fingerprint density at radius 1 is 0.882 bits per heavy atom. The molecule has 2 heterocycles. The minimum atomic E-state index is -2.05. The van der Waals surface area contributed by atoms with Crippen LogP contribution in [-0.4, -0.2) is 91.8 Å². The highest BCUT2D eigenvalue weighted by Crippen LogP contribution is 2.49. The van der Waals surface area contributed by atoms with Crippen molar-refractivity contribution in [3.8, 4) is 0 Å². The highest BCUT2D eigenvalue weighted by atomic mass is 16.8. The van der Waals surface area contributed by atoms with E-state index in [1.807, 2.05) is 0 Å². The van der Waals surface area contributed by atoms with E-state index < -0.39 is 84.7 Å². The summed E-state index contributed by atoms with van der Waals surface area (Å²) in [6, 6.07) is -1.24. The first-order chi connectivity index (χ1) is 15.8. The number of hydrogen-bond acceptors (Lipinski definition) is 13. The quantitative estimate of drug-likeness (QED) is 0.225. The second kappa shape index (κ2) is 10.8. The van der Waals surface area contributed by atoms with Crippen LogP contribution in [0.25, 0.3) is 0 Å². The molecule has 0 bridgehead atoms. The van der Waals surface area contributed by atoms with Crippen LogP contribution < -0.4 is 5.32 Å². The smallest absolute Gasteiger partial charge is 0.369 e. The highest BCUT2D eigenvalue weighted by Gasteiger charge is 2.76. The summed E-state index contributed by atoms with van der Waals surface area (Å²) in [6.07, 6.45) is -6.92. The Morgan fingerprint density at radius 2 is 1.50 bits per heavy atom. The third-order valence-electron chi connectivity index (χ3n) is 4.84. The SMILES string of the molecule is COC(=O)[C@@]12O[C@@H]([C@H](OC(C)=O)[C@@H](COC(C)=O)OC(C)=O)[C@H](NC(C)=O)[C@@H](OC(C)=O)[C@@H]1O2. The van der Waals surface area contributed by atoms with E-state index in [1.165, 1.54) is 6.92 Å². The van der Waals surface area contributed by atoms with Gasteiger partial charge in [-0.3, -0.25) is 24.0 Å². The van der Waals surface area contributed by atoms with Crippen LogP contribution in [0.5, 0.6) is 0 Å². The van der Waals surface area contributed by atoms with Crippen LogP contribution in [0, 0.1) is 0 Å². The monoisotopic (exact) mass is 489 g/mol. The summed E-state index contributed by atoms with van der Waals surface area (Å²) >= 11 is 0. The summed E-state index contributed by atoms with van der Waals surface area (Å²) in [5.74, 6) is -6.79. The van der Waals surface area contributed by atoms with Crippen LogP contribution in [0.15, 0.2) is 0 Å². The van der Waals surface area contributed by atoms with Gasteiger partial charge in [0.25, 0.3) is 0 Å². The minimum Gasteiger partial charge on any atom is -0.465 e. The first kappa shape index (κ1) is 27.0. The molecule has 2 saturated heterocycles. The van der Waals surface area contributed by atoms with E-state index in [4.69, 9.17) is 33.2 Å². The number of ether oxygens (including phenoxy) is 7. The molecule has 2 aliphatic heterocycles. The zero-order chi connectivity index (χ0) is 25.8. The molecule has 0 spiro atoms. The Bertz CT molecular complexity index is 857. The largest absolute Gasteiger partial charge is 0.465 e. The van der Waals surface area contributed by atoms with E-state index in [9.17, 15) is 28.8 Å². The topological polar surface area (TPSA) is 182 Å². The maximum atomic E-state index is 12.5. The van der Waals surface area contributed by atoms with Gasteiger partial charge in [-0.1, -0.05) is 0 Å². The van der Waals surface area contributed by atoms with Crippen molar-refractivity contribution in [3.63, 3.8) is 0 Å². The molecule has 14 heteroatoms. The molecule has 0 aromatic carbocycles. The number of fused-ring (bicyclic) bond motifs is 1. The highest BCUT2D eigenvalue weighted by molar-refractivity contribution is 5.82. The summed E-state index contributed by atoms with van der Waals surface area (Å²) in [5.41, 5.74) is 0. The molecule has 1 N–H and O–H groups in total. The Balaban J connectivity index is 2.58. The summed E-state index contributed by atoms with van der Waals surface area (Å²) in [7, 11) is 1.07. The van der Waals surface area contributed by atoms with Crippen molar-refractivity contribution < 1.29 is 61.9 Å². The van der Waals surface area contributed by atoms with Gasteiger partial charge in [0.1, 0.15) is 12.7 Å². The molecule has 0 saturated carbocycles. The number of rotatable bonds is 9. The normalized spacial score (nSPS) is 28.8. The molecular weight excluding hydrogens is 462 g/mol. The maximum absolute atomic E-state index is 12.5. The number of hydrogen-bond donors (Lipinski definition) is 1. The molecule has 34 heavy (non-hydrogen) atoms. The molecule has 7 atom stereocenters. The molecule has 0 aromatic heterocycles. The molecule has 0 aliphatic carbocycles. The second-order valence-electron chi connectivity index (χ2n) is 7.60. The fourth-order valence-corrected chi connectivity index (χ4v) is 3.69. The summed E-state index contributed by atoms with van der Waals surface area (Å²) in [4.78, 5) is 71.3. The van der Waals surface area contributed by atoms with Crippen molar-refractivity contribution in [2.24, 2.45) is 0 Å². The second-order valence-corrected chi connectivity index (χ2v) is 7.60. The Morgan fingerprint density at radius 3 is 1.97 bits per heavy atom. The number of amides is 1. The maximum Gasteiger partial charge on any atom is 0.369 e. The molecule has 2 fully saturated rings. The Kier molecular flexibility index (Phi) is 8.56. The Hall–Kier alpha value is -3.26. The third-order valence-corrected chi connectivity index (χ3v) is 4.84. The fourth-order valence-electron chi connectivity index (χ4n) is 3.69. The van der Waals surface area contributed by atoms with Gasteiger partial charge in [-0.15, -0.1) is 0 Å². The van der Waals surface area contributed by atoms with Crippen molar-refractivity contribution in [3.05, 3.63) is 0 Å². The van der Waals surface area contributed by atoms with Crippen LogP contribution in [-0.2, 0) is 61.9 Å². The minimum absolute atomic E-state index is 0.562. The average molecular weight is 489 g/mol. The lowest BCUT2D eigenvalue weighted by atomic mass is 9.89. The lowest BCUT2D eigenvalue weighted by Gasteiger charge is -2.42. The van der Waals surface area contributed by atoms with E-state index in [1.54, 1.807) is 0 Å². The predicted molar refractivity (Wildman–Crippen MR) is 105 cm³/mol. The number of nitrogens with one attached hydrogen (secondary N) is 1. The molecule has 2 rings (SSSR count). The number of epoxide rings is 1. The van der Waals surface area contributed by atoms with E-state index in [-0.39, 0.29) is 0 Å². The van der Waals surface area contributed by atoms with Crippen molar-refractivity contribution >= 4 is 35.8 Å². The number of esters is 5. The molecule has 2 aliphatic rings. The molecule has 0 unspecified atom stereocenters. The molecule has 14 nitrogen and oxygen atoms in total. The summed E-state index contributed by atoms with van der Waals surface area (Å²) < 4.78 is 36.8. The van der Waals surface area contributed by atoms with Crippen molar-refractivity contribution in [2.75, 3.05) is 13.7 Å². The van der Waals surface area contributed by atoms with Crippen LogP contribution in [0.1, 0.15) is 34.6 Å². The van der Waals surface area contributed by atoms with Gasteiger partial charge in [-0.25, -0.2) is 4.79 Å². The molecule has 0 radical (unpaired) electrons. The van der Waals surface area contributed by atoms with Crippen LogP contribution in [0.2, 0.25) is 0 Å².